The summed E-state index contributed by atoms with van der Waals surface area (Å²) in [6, 6.07) is 1.82. The molecule has 0 aromatic carbocycles. The number of rotatable bonds is 6. The lowest BCUT2D eigenvalue weighted by Gasteiger charge is -2.29. The van der Waals surface area contributed by atoms with Gasteiger partial charge in [-0.15, -0.1) is 0 Å². The number of aromatic nitrogens is 3. The summed E-state index contributed by atoms with van der Waals surface area (Å²) in [4.78, 5) is 16.5. The minimum Gasteiger partial charge on any atom is -0.360 e. The van der Waals surface area contributed by atoms with Gasteiger partial charge in [0.05, 0.1) is 12.8 Å². The van der Waals surface area contributed by atoms with Crippen molar-refractivity contribution in [3.05, 3.63) is 17.7 Å². The molecule has 1 N–H and O–H groups in total. The zero-order valence-corrected chi connectivity index (χ0v) is 15.7. The SMILES string of the molecule is CS(=O)(=O)N1CCC(C(=O)NCc2nc(-c3cc(C4CC4)on3)no2)CC1. The average Bonchev–Trinajstić information content (AvgIpc) is 3.18. The Morgan fingerprint density at radius 3 is 2.63 bits per heavy atom. The average molecular weight is 395 g/mol. The van der Waals surface area contributed by atoms with Crippen LogP contribution in [0.15, 0.2) is 15.1 Å². The van der Waals surface area contributed by atoms with Crippen molar-refractivity contribution in [2.75, 3.05) is 19.3 Å². The Labute approximate surface area is 156 Å². The Hall–Kier alpha value is -2.27. The van der Waals surface area contributed by atoms with E-state index in [4.69, 9.17) is 9.05 Å². The molecule has 0 radical (unpaired) electrons. The Bertz CT molecular complexity index is 925. The number of hydrogen-bond donors (Lipinski definition) is 1. The van der Waals surface area contributed by atoms with Crippen LogP contribution in [0.1, 0.15) is 43.3 Å². The first kappa shape index (κ1) is 18.1. The van der Waals surface area contributed by atoms with Crippen molar-refractivity contribution < 1.29 is 22.3 Å². The Morgan fingerprint density at radius 1 is 1.22 bits per heavy atom. The van der Waals surface area contributed by atoms with Crippen molar-refractivity contribution in [1.82, 2.24) is 24.9 Å². The molecule has 2 fully saturated rings. The maximum atomic E-state index is 12.3. The second-order valence-corrected chi connectivity index (χ2v) is 9.04. The molecule has 146 valence electrons. The zero-order valence-electron chi connectivity index (χ0n) is 14.9. The number of nitrogens with zero attached hydrogens (tertiary/aromatic N) is 4. The minimum atomic E-state index is -3.20. The van der Waals surface area contributed by atoms with E-state index in [0.29, 0.717) is 43.4 Å². The van der Waals surface area contributed by atoms with E-state index >= 15 is 0 Å². The molecule has 0 bridgehead atoms. The molecule has 10 nitrogen and oxygen atoms in total. The third-order valence-electron chi connectivity index (χ3n) is 4.91. The molecule has 1 aliphatic carbocycles. The number of piperidine rings is 1. The molecule has 1 saturated heterocycles. The van der Waals surface area contributed by atoms with Gasteiger partial charge in [0.25, 0.3) is 0 Å². The molecule has 2 aromatic heterocycles. The lowest BCUT2D eigenvalue weighted by Crippen LogP contribution is -2.42. The van der Waals surface area contributed by atoms with Gasteiger partial charge in [0.2, 0.25) is 27.6 Å². The maximum Gasteiger partial charge on any atom is 0.246 e. The first-order valence-corrected chi connectivity index (χ1v) is 10.8. The van der Waals surface area contributed by atoms with Crippen LogP contribution in [0.4, 0.5) is 0 Å². The van der Waals surface area contributed by atoms with Crippen LogP contribution in [0, 0.1) is 5.92 Å². The van der Waals surface area contributed by atoms with Gasteiger partial charge in [-0.2, -0.15) is 4.98 Å². The van der Waals surface area contributed by atoms with Crippen molar-refractivity contribution in [3.8, 4) is 11.5 Å². The summed E-state index contributed by atoms with van der Waals surface area (Å²) in [6.45, 7) is 0.833. The van der Waals surface area contributed by atoms with Gasteiger partial charge in [-0.3, -0.25) is 4.79 Å². The highest BCUT2D eigenvalue weighted by Gasteiger charge is 2.30. The first-order chi connectivity index (χ1) is 12.9. The van der Waals surface area contributed by atoms with Gasteiger partial charge in [0.1, 0.15) is 5.76 Å². The summed E-state index contributed by atoms with van der Waals surface area (Å²) < 4.78 is 34.9. The summed E-state index contributed by atoms with van der Waals surface area (Å²) >= 11 is 0. The summed E-state index contributed by atoms with van der Waals surface area (Å²) in [7, 11) is -3.20. The fourth-order valence-corrected chi connectivity index (χ4v) is 4.02. The summed E-state index contributed by atoms with van der Waals surface area (Å²) in [5, 5.41) is 10.6. The molecule has 2 aliphatic rings. The fourth-order valence-electron chi connectivity index (χ4n) is 3.14. The Morgan fingerprint density at radius 2 is 1.96 bits per heavy atom. The number of nitrogens with one attached hydrogen (secondary N) is 1. The van der Waals surface area contributed by atoms with Gasteiger partial charge in [0.15, 0.2) is 5.69 Å². The van der Waals surface area contributed by atoms with Crippen LogP contribution in [0.25, 0.3) is 11.5 Å². The molecule has 11 heteroatoms. The van der Waals surface area contributed by atoms with E-state index in [1.54, 1.807) is 0 Å². The highest BCUT2D eigenvalue weighted by molar-refractivity contribution is 7.88. The van der Waals surface area contributed by atoms with E-state index in [1.165, 1.54) is 10.6 Å². The molecule has 1 aliphatic heterocycles. The molecule has 4 rings (SSSR count). The molecular weight excluding hydrogens is 374 g/mol. The standard InChI is InChI=1S/C16H21N5O5S/c1-27(23,24)21-6-4-11(5-7-21)16(22)17-9-14-18-15(20-26-14)12-8-13(25-19-12)10-2-3-10/h8,10-11H,2-7,9H2,1H3,(H,17,22). The maximum absolute atomic E-state index is 12.3. The number of hydrogen-bond acceptors (Lipinski definition) is 8. The highest BCUT2D eigenvalue weighted by atomic mass is 32.2. The number of sulfonamides is 1. The normalized spacial score (nSPS) is 19.3. The monoisotopic (exact) mass is 395 g/mol. The molecule has 2 aromatic rings. The highest BCUT2D eigenvalue weighted by Crippen LogP contribution is 2.40. The number of carbonyl (C=O) groups is 1. The Balaban J connectivity index is 1.29. The van der Waals surface area contributed by atoms with Crippen molar-refractivity contribution in [2.45, 2.75) is 38.1 Å². The second kappa shape index (κ2) is 7.04. The largest absolute Gasteiger partial charge is 0.360 e. The second-order valence-electron chi connectivity index (χ2n) is 7.05. The third kappa shape index (κ3) is 4.19. The first-order valence-electron chi connectivity index (χ1n) is 8.92. The molecule has 1 amide bonds. The van der Waals surface area contributed by atoms with Crippen molar-refractivity contribution >= 4 is 15.9 Å². The van der Waals surface area contributed by atoms with Gasteiger partial charge in [0, 0.05) is 31.0 Å². The molecule has 1 saturated carbocycles. The van der Waals surface area contributed by atoms with Crippen LogP contribution in [0.3, 0.4) is 0 Å². The van der Waals surface area contributed by atoms with E-state index in [1.807, 2.05) is 6.07 Å². The summed E-state index contributed by atoms with van der Waals surface area (Å²) in [6.07, 6.45) is 4.40. The van der Waals surface area contributed by atoms with E-state index in [2.05, 4.69) is 20.6 Å². The minimum absolute atomic E-state index is 0.117. The molecule has 0 unspecified atom stereocenters. The van der Waals surface area contributed by atoms with Crippen LogP contribution in [0.5, 0.6) is 0 Å². The fraction of sp³-hybridized carbons (Fsp3) is 0.625. The molecule has 3 heterocycles. The predicted molar refractivity (Wildman–Crippen MR) is 92.8 cm³/mol. The van der Waals surface area contributed by atoms with Crippen molar-refractivity contribution in [3.63, 3.8) is 0 Å². The summed E-state index contributed by atoms with van der Waals surface area (Å²) in [5.41, 5.74) is 0.520. The van der Waals surface area contributed by atoms with Gasteiger partial charge in [-0.05, 0) is 25.7 Å². The van der Waals surface area contributed by atoms with E-state index < -0.39 is 10.0 Å². The molecule has 27 heavy (non-hydrogen) atoms. The third-order valence-corrected chi connectivity index (χ3v) is 6.22. The lowest BCUT2D eigenvalue weighted by atomic mass is 9.97. The number of carbonyl (C=O) groups excluding carboxylic acids is 1. The molecule has 0 atom stereocenters. The van der Waals surface area contributed by atoms with Crippen LogP contribution < -0.4 is 5.32 Å². The topological polar surface area (TPSA) is 131 Å². The van der Waals surface area contributed by atoms with Crippen molar-refractivity contribution in [1.29, 1.82) is 0 Å². The smallest absolute Gasteiger partial charge is 0.246 e. The van der Waals surface area contributed by atoms with Crippen LogP contribution >= 0.6 is 0 Å². The molecule has 0 spiro atoms. The van der Waals surface area contributed by atoms with Gasteiger partial charge in [-0.1, -0.05) is 10.3 Å². The van der Waals surface area contributed by atoms with Gasteiger partial charge < -0.3 is 14.4 Å². The lowest BCUT2D eigenvalue weighted by molar-refractivity contribution is -0.126. The zero-order chi connectivity index (χ0) is 19.0. The van der Waals surface area contributed by atoms with Crippen molar-refractivity contribution in [2.24, 2.45) is 5.92 Å². The van der Waals surface area contributed by atoms with E-state index in [9.17, 15) is 13.2 Å². The Kier molecular flexibility index (Phi) is 4.72. The van der Waals surface area contributed by atoms with E-state index in [-0.39, 0.29) is 24.3 Å². The van der Waals surface area contributed by atoms with Crippen LogP contribution in [0.2, 0.25) is 0 Å². The summed E-state index contributed by atoms with van der Waals surface area (Å²) in [5.74, 6) is 1.54. The predicted octanol–water partition coefficient (Wildman–Crippen LogP) is 0.890. The number of amides is 1. The molecular formula is C16H21N5O5S. The van der Waals surface area contributed by atoms with Crippen LogP contribution in [-0.2, 0) is 21.4 Å². The van der Waals surface area contributed by atoms with Gasteiger partial charge in [-0.25, -0.2) is 12.7 Å². The quantitative estimate of drug-likeness (QED) is 0.763. The van der Waals surface area contributed by atoms with Crippen LogP contribution in [-0.4, -0.2) is 53.3 Å². The van der Waals surface area contributed by atoms with E-state index in [0.717, 1.165) is 18.6 Å². The van der Waals surface area contributed by atoms with Gasteiger partial charge >= 0.3 is 0 Å².